The average molecular weight is 79.5 g/mol. The van der Waals surface area contributed by atoms with E-state index in [9.17, 15) is 0 Å². The minimum Gasteiger partial charge on any atom is -0.724 e. The molecule has 0 heterocycles. The van der Waals surface area contributed by atoms with Crippen molar-refractivity contribution in [2.75, 3.05) is 0 Å². The Morgan fingerprint density at radius 3 is 1.75 bits per heavy atom. The topological polar surface area (TPSA) is 39.4 Å². The molecular formula is CH2ClNO. The summed E-state index contributed by atoms with van der Waals surface area (Å²) in [5.74, 6) is 0. The van der Waals surface area contributed by atoms with Gasteiger partial charge in [0.1, 0.15) is 0 Å². The Labute approximate surface area is 29.7 Å². The van der Waals surface area contributed by atoms with Crippen LogP contribution in [0.1, 0.15) is 0 Å². The first kappa shape index (κ1) is 9.38. The highest BCUT2D eigenvalue weighted by Gasteiger charge is 0.791. The molecule has 0 rings (SSSR count). The fraction of sp³-hybridized carbons (Fsp3) is 0. The van der Waals surface area contributed by atoms with Crippen LogP contribution in [0.5, 0.6) is 0 Å². The summed E-state index contributed by atoms with van der Waals surface area (Å²) in [6, 6.07) is 0. The summed E-state index contributed by atoms with van der Waals surface area (Å²) in [5, 5.41) is 6.76. The molecule has 0 atom stereocenters. The van der Waals surface area contributed by atoms with Crippen LogP contribution in [0.15, 0.2) is 0 Å². The van der Waals surface area contributed by atoms with Gasteiger partial charge in [0.25, 0.3) is 0 Å². The van der Waals surface area contributed by atoms with Crippen LogP contribution in [0.2, 0.25) is 0 Å². The number of carbonyl (C=O) groups excluding carboxylic acids is 1. The summed E-state index contributed by atoms with van der Waals surface area (Å²) in [6.45, 7) is 0. The highest BCUT2D eigenvalue weighted by molar-refractivity contribution is 5.36. The van der Waals surface area contributed by atoms with Gasteiger partial charge in [0, 0.05) is 0 Å². The molecule has 0 unspecified atom stereocenters. The first-order valence-corrected chi connectivity index (χ1v) is 0.428. The standard InChI is InChI=1S/CNO.ClH2/c2-1-3;/h;1H2/q-1;+1. The molecule has 0 amide bonds. The molecule has 0 aliphatic rings. The molecule has 0 saturated heterocycles. The maximum absolute atomic E-state index is 8.24. The van der Waals surface area contributed by atoms with Crippen molar-refractivity contribution >= 4 is 6.08 Å². The Morgan fingerprint density at radius 2 is 1.75 bits per heavy atom. The van der Waals surface area contributed by atoms with Crippen LogP contribution in [0.25, 0.3) is 5.41 Å². The number of nitrogens with zero attached hydrogens (tertiary/aromatic N) is 1. The van der Waals surface area contributed by atoms with E-state index in [1.165, 1.54) is 0 Å². The van der Waals surface area contributed by atoms with E-state index in [1.807, 2.05) is 0 Å². The van der Waals surface area contributed by atoms with Gasteiger partial charge in [0.15, 0.2) is 0 Å². The van der Waals surface area contributed by atoms with Gasteiger partial charge in [-0.15, -0.1) is 0 Å². The molecule has 0 aliphatic heterocycles. The predicted molar refractivity (Wildman–Crippen MR) is 11.8 cm³/mol. The number of isocyanates is 1. The van der Waals surface area contributed by atoms with Crippen LogP contribution < -0.4 is 0 Å². The normalized spacial score (nSPS) is 2.00. The van der Waals surface area contributed by atoms with Crippen LogP contribution in [0.3, 0.4) is 0 Å². The van der Waals surface area contributed by atoms with Crippen LogP contribution in [0.4, 0.5) is 0 Å². The van der Waals surface area contributed by atoms with E-state index in [-0.39, 0.29) is 12.4 Å². The summed E-state index contributed by atoms with van der Waals surface area (Å²) in [7, 11) is 0. The van der Waals surface area contributed by atoms with Crippen molar-refractivity contribution in [3.8, 4) is 0 Å². The number of hydrogen-bond donors (Lipinski definition) is 0. The van der Waals surface area contributed by atoms with Crippen LogP contribution in [-0.2, 0) is 4.79 Å². The molecule has 0 spiro atoms. The Kier molecular flexibility index (Phi) is 38.9. The zero-order valence-electron chi connectivity index (χ0n) is 1.80. The molecule has 0 radical (unpaired) electrons. The molecule has 0 aliphatic carbocycles. The summed E-state index contributed by atoms with van der Waals surface area (Å²) < 4.78 is 0. The molecule has 3 heteroatoms. The fourth-order valence-corrected chi connectivity index (χ4v) is 0. The van der Waals surface area contributed by atoms with Crippen molar-refractivity contribution in [3.05, 3.63) is 5.41 Å². The van der Waals surface area contributed by atoms with Gasteiger partial charge in [-0.25, -0.2) is 0 Å². The van der Waals surface area contributed by atoms with Crippen molar-refractivity contribution in [1.29, 1.82) is 0 Å². The average Bonchev–Trinajstić information content (AvgIpc) is 0.918. The Morgan fingerprint density at radius 1 is 1.75 bits per heavy atom. The lowest BCUT2D eigenvalue weighted by Crippen LogP contribution is -1.13. The number of hydrogen-bond acceptors (Lipinski definition) is 1. The summed E-state index contributed by atoms with van der Waals surface area (Å²) in [4.78, 5) is 8.24. The largest absolute Gasteiger partial charge is 0.724 e. The van der Waals surface area contributed by atoms with Gasteiger partial charge in [0.2, 0.25) is 0 Å². The first-order valence-electron chi connectivity index (χ1n) is 0.428. The third kappa shape index (κ3) is 6.88. The molecule has 0 aromatic heterocycles. The van der Waals surface area contributed by atoms with E-state index in [4.69, 9.17) is 10.2 Å². The van der Waals surface area contributed by atoms with E-state index in [0.29, 0.717) is 6.08 Å². The monoisotopic (exact) mass is 79.0 g/mol. The Bertz CT molecular complexity index is 29.0. The molecule has 0 fully saturated rings. The van der Waals surface area contributed by atoms with Gasteiger partial charge in [-0.2, -0.15) is 0 Å². The predicted octanol–water partition coefficient (Wildman–Crippen LogP) is -0.644. The van der Waals surface area contributed by atoms with Gasteiger partial charge in [-0.05, 0) is 6.08 Å². The lowest BCUT2D eigenvalue weighted by molar-refractivity contribution is -0.00000177. The van der Waals surface area contributed by atoms with Crippen molar-refractivity contribution in [2.45, 2.75) is 0 Å². The van der Waals surface area contributed by atoms with Gasteiger partial charge in [0.05, 0.1) is 12.4 Å². The third-order valence-corrected chi connectivity index (χ3v) is 0. The first-order chi connectivity index (χ1) is 1.41. The Hall–Kier alpha value is -0.330. The second-order valence-corrected chi connectivity index (χ2v) is 0.0913. The smallest absolute Gasteiger partial charge is 0.0903 e. The molecular weight excluding hydrogens is 77.5 g/mol. The lowest BCUT2D eigenvalue weighted by atomic mass is 11.7. The molecule has 4 heavy (non-hydrogen) atoms. The van der Waals surface area contributed by atoms with Crippen LogP contribution in [-0.4, -0.2) is 6.08 Å². The van der Waals surface area contributed by atoms with Gasteiger partial charge in [-0.3, -0.25) is 4.79 Å². The second-order valence-electron chi connectivity index (χ2n) is 0.0913. The molecule has 24 valence electrons. The van der Waals surface area contributed by atoms with Crippen molar-refractivity contribution in [1.82, 2.24) is 0 Å². The maximum Gasteiger partial charge on any atom is 0.0903 e. The minimum atomic E-state index is 0. The highest BCUT2D eigenvalue weighted by Crippen LogP contribution is 0.949. The number of rotatable bonds is 0. The molecule has 0 saturated carbocycles. The summed E-state index contributed by atoms with van der Waals surface area (Å²) in [6.07, 6.45) is 0.500. The van der Waals surface area contributed by atoms with E-state index in [0.717, 1.165) is 0 Å². The summed E-state index contributed by atoms with van der Waals surface area (Å²) in [5.41, 5.74) is 0. The number of halogens is 1. The Balaban J connectivity index is 0. The third-order valence-electron chi connectivity index (χ3n) is 0. The fourth-order valence-electron chi connectivity index (χ4n) is 0. The van der Waals surface area contributed by atoms with Gasteiger partial charge < -0.3 is 5.41 Å². The zero-order valence-corrected chi connectivity index (χ0v) is 2.70. The van der Waals surface area contributed by atoms with Crippen LogP contribution >= 0.6 is 0 Å². The van der Waals surface area contributed by atoms with E-state index in [1.54, 1.807) is 0 Å². The van der Waals surface area contributed by atoms with Crippen molar-refractivity contribution < 1.29 is 17.2 Å². The molecule has 0 aromatic carbocycles. The van der Waals surface area contributed by atoms with Gasteiger partial charge in [-0.1, -0.05) is 0 Å². The highest BCUT2D eigenvalue weighted by atomic mass is 35.5. The van der Waals surface area contributed by atoms with E-state index >= 15 is 0 Å². The summed E-state index contributed by atoms with van der Waals surface area (Å²) >= 11 is 0. The van der Waals surface area contributed by atoms with Crippen molar-refractivity contribution in [3.63, 3.8) is 0 Å². The molecule has 0 N–H and O–H groups in total. The van der Waals surface area contributed by atoms with Gasteiger partial charge >= 0.3 is 0 Å². The van der Waals surface area contributed by atoms with E-state index < -0.39 is 0 Å². The zero-order chi connectivity index (χ0) is 2.71. The molecule has 2 nitrogen and oxygen atoms in total. The van der Waals surface area contributed by atoms with E-state index in [2.05, 4.69) is 0 Å². The molecule has 0 aromatic rings. The molecule has 0 bridgehead atoms. The minimum absolute atomic E-state index is 0. The second kappa shape index (κ2) is 16.6. The lowest BCUT2D eigenvalue weighted by Gasteiger charge is -1.32. The quantitative estimate of drug-likeness (QED) is 0.281. The maximum atomic E-state index is 8.24. The van der Waals surface area contributed by atoms with Crippen LogP contribution in [0, 0.1) is 12.4 Å². The van der Waals surface area contributed by atoms with Crippen molar-refractivity contribution in [2.24, 2.45) is 0 Å². The SMILES string of the molecule is [ClH2+].[N-]=C=O.